The lowest BCUT2D eigenvalue weighted by Gasteiger charge is -2.21. The number of guanidine groups is 1. The quantitative estimate of drug-likeness (QED) is 0.285. The molecule has 27 heavy (non-hydrogen) atoms. The number of ether oxygens (including phenoxy) is 3. The molecule has 1 aromatic carbocycles. The minimum Gasteiger partial charge on any atom is -0.493 e. The average molecular weight is 491 g/mol. The monoisotopic (exact) mass is 491 g/mol. The van der Waals surface area contributed by atoms with Gasteiger partial charge in [-0.3, -0.25) is 9.79 Å². The van der Waals surface area contributed by atoms with Crippen LogP contribution in [-0.4, -0.2) is 64.8 Å². The molecule has 2 atom stereocenters. The summed E-state index contributed by atoms with van der Waals surface area (Å²) in [6.07, 6.45) is 0.823. The summed E-state index contributed by atoms with van der Waals surface area (Å²) >= 11 is 0. The largest absolute Gasteiger partial charge is 0.493 e. The highest BCUT2D eigenvalue weighted by atomic mass is 127. The number of likely N-dealkylation sites (tertiary alicyclic amines) is 1. The SMILES string of the molecule is CN=C(NCCc1ccc(OC)c(OC)c1)N1CC(C)C(C(=O)OC)C1.I. The molecule has 0 radical (unpaired) electrons. The number of carbonyl (C=O) groups is 1. The van der Waals surface area contributed by atoms with Gasteiger partial charge in [0, 0.05) is 26.7 Å². The van der Waals surface area contributed by atoms with Crippen molar-refractivity contribution in [1.29, 1.82) is 0 Å². The molecule has 1 aromatic rings. The molecule has 1 saturated heterocycles. The van der Waals surface area contributed by atoms with Gasteiger partial charge in [0.2, 0.25) is 0 Å². The van der Waals surface area contributed by atoms with E-state index in [4.69, 9.17) is 14.2 Å². The van der Waals surface area contributed by atoms with Crippen molar-refractivity contribution < 1.29 is 19.0 Å². The molecular weight excluding hydrogens is 461 g/mol. The van der Waals surface area contributed by atoms with Crippen LogP contribution in [0.1, 0.15) is 12.5 Å². The van der Waals surface area contributed by atoms with Crippen LogP contribution in [0.5, 0.6) is 11.5 Å². The average Bonchev–Trinajstić information content (AvgIpc) is 3.05. The summed E-state index contributed by atoms with van der Waals surface area (Å²) in [5.41, 5.74) is 1.15. The van der Waals surface area contributed by atoms with E-state index in [0.717, 1.165) is 42.5 Å². The molecule has 0 aromatic heterocycles. The first-order valence-electron chi connectivity index (χ1n) is 8.78. The van der Waals surface area contributed by atoms with E-state index in [1.807, 2.05) is 18.2 Å². The van der Waals surface area contributed by atoms with Gasteiger partial charge in [0.05, 0.1) is 27.2 Å². The summed E-state index contributed by atoms with van der Waals surface area (Å²) in [4.78, 5) is 18.3. The van der Waals surface area contributed by atoms with Gasteiger partial charge in [-0.25, -0.2) is 0 Å². The second kappa shape index (κ2) is 11.2. The fourth-order valence-corrected chi connectivity index (χ4v) is 3.28. The van der Waals surface area contributed by atoms with Crippen LogP contribution in [0.4, 0.5) is 0 Å². The van der Waals surface area contributed by atoms with E-state index in [1.165, 1.54) is 7.11 Å². The van der Waals surface area contributed by atoms with Crippen molar-refractivity contribution in [2.45, 2.75) is 13.3 Å². The number of hydrogen-bond acceptors (Lipinski definition) is 5. The van der Waals surface area contributed by atoms with E-state index < -0.39 is 0 Å². The zero-order valence-corrected chi connectivity index (χ0v) is 19.0. The molecule has 1 aliphatic heterocycles. The summed E-state index contributed by atoms with van der Waals surface area (Å²) < 4.78 is 15.5. The third-order valence-corrected chi connectivity index (χ3v) is 4.77. The van der Waals surface area contributed by atoms with Crippen LogP contribution in [-0.2, 0) is 16.0 Å². The van der Waals surface area contributed by atoms with Crippen LogP contribution < -0.4 is 14.8 Å². The van der Waals surface area contributed by atoms with Crippen LogP contribution in [0.3, 0.4) is 0 Å². The van der Waals surface area contributed by atoms with Crippen LogP contribution in [0.15, 0.2) is 23.2 Å². The van der Waals surface area contributed by atoms with Gasteiger partial charge < -0.3 is 24.4 Å². The van der Waals surface area contributed by atoms with E-state index in [-0.39, 0.29) is 41.8 Å². The van der Waals surface area contributed by atoms with E-state index in [2.05, 4.69) is 22.1 Å². The van der Waals surface area contributed by atoms with Gasteiger partial charge in [0.1, 0.15) is 0 Å². The first-order valence-corrected chi connectivity index (χ1v) is 8.78. The lowest BCUT2D eigenvalue weighted by molar-refractivity contribution is -0.145. The molecule has 0 aliphatic carbocycles. The maximum Gasteiger partial charge on any atom is 0.310 e. The zero-order chi connectivity index (χ0) is 19.1. The molecule has 0 spiro atoms. The van der Waals surface area contributed by atoms with Crippen LogP contribution >= 0.6 is 24.0 Å². The number of nitrogens with one attached hydrogen (secondary N) is 1. The Labute approximate surface area is 178 Å². The number of nitrogens with zero attached hydrogens (tertiary/aromatic N) is 2. The van der Waals surface area contributed by atoms with Gasteiger partial charge in [-0.2, -0.15) is 0 Å². The highest BCUT2D eigenvalue weighted by Crippen LogP contribution is 2.27. The lowest BCUT2D eigenvalue weighted by Crippen LogP contribution is -2.41. The van der Waals surface area contributed by atoms with Gasteiger partial charge in [-0.1, -0.05) is 13.0 Å². The van der Waals surface area contributed by atoms with Gasteiger partial charge in [0.25, 0.3) is 0 Å². The molecule has 1 N–H and O–H groups in total. The Morgan fingerprint density at radius 3 is 2.52 bits per heavy atom. The molecule has 8 heteroatoms. The topological polar surface area (TPSA) is 72.4 Å². The molecule has 2 unspecified atom stereocenters. The highest BCUT2D eigenvalue weighted by Gasteiger charge is 2.36. The third kappa shape index (κ3) is 5.88. The van der Waals surface area contributed by atoms with Gasteiger partial charge in [-0.15, -0.1) is 24.0 Å². The Kier molecular flexibility index (Phi) is 9.68. The minimum atomic E-state index is -0.152. The minimum absolute atomic E-state index is 0. The molecule has 0 amide bonds. The number of esters is 1. The fraction of sp³-hybridized carbons (Fsp3) is 0.579. The van der Waals surface area contributed by atoms with Crippen molar-refractivity contribution in [1.82, 2.24) is 10.2 Å². The molecular formula is C19H30IN3O4. The molecule has 1 aliphatic rings. The predicted octanol–water partition coefficient (Wildman–Crippen LogP) is 2.18. The number of carbonyl (C=O) groups excluding carboxylic acids is 1. The maximum atomic E-state index is 11.9. The molecule has 0 saturated carbocycles. The zero-order valence-electron chi connectivity index (χ0n) is 16.7. The Balaban J connectivity index is 0.00000364. The van der Waals surface area contributed by atoms with Crippen LogP contribution in [0.2, 0.25) is 0 Å². The summed E-state index contributed by atoms with van der Waals surface area (Å²) in [5.74, 6) is 2.24. The second-order valence-electron chi connectivity index (χ2n) is 6.43. The molecule has 2 rings (SSSR count). The third-order valence-electron chi connectivity index (χ3n) is 4.77. The lowest BCUT2D eigenvalue weighted by atomic mass is 9.99. The first-order chi connectivity index (χ1) is 12.5. The summed E-state index contributed by atoms with van der Waals surface area (Å²) in [6, 6.07) is 5.91. The Morgan fingerprint density at radius 1 is 1.22 bits per heavy atom. The molecule has 152 valence electrons. The summed E-state index contributed by atoms with van der Waals surface area (Å²) in [7, 11) is 6.46. The number of halogens is 1. The van der Waals surface area contributed by atoms with Crippen molar-refractivity contribution in [3.8, 4) is 11.5 Å². The highest BCUT2D eigenvalue weighted by molar-refractivity contribution is 14.0. The van der Waals surface area contributed by atoms with Crippen molar-refractivity contribution >= 4 is 35.9 Å². The number of benzene rings is 1. The van der Waals surface area contributed by atoms with Crippen molar-refractivity contribution in [3.63, 3.8) is 0 Å². The van der Waals surface area contributed by atoms with Gasteiger partial charge >= 0.3 is 5.97 Å². The number of methoxy groups -OCH3 is 3. The number of aliphatic imine (C=N–C) groups is 1. The van der Waals surface area contributed by atoms with E-state index in [9.17, 15) is 4.79 Å². The molecule has 0 bridgehead atoms. The summed E-state index contributed by atoms with van der Waals surface area (Å²) in [5, 5.41) is 3.38. The summed E-state index contributed by atoms with van der Waals surface area (Å²) in [6.45, 7) is 4.22. The van der Waals surface area contributed by atoms with E-state index in [1.54, 1.807) is 21.3 Å². The smallest absolute Gasteiger partial charge is 0.310 e. The first kappa shape index (κ1) is 23.3. The normalized spacial score (nSPS) is 19.3. The second-order valence-corrected chi connectivity index (χ2v) is 6.43. The number of hydrogen-bond donors (Lipinski definition) is 1. The molecule has 7 nitrogen and oxygen atoms in total. The standard InChI is InChI=1S/C19H29N3O4.HI/c1-13-11-22(12-15(13)18(23)26-5)19(20-2)21-9-8-14-6-7-16(24-3)17(10-14)25-4;/h6-7,10,13,15H,8-9,11-12H2,1-5H3,(H,20,21);1H. The fourth-order valence-electron chi connectivity index (χ4n) is 3.28. The number of rotatable bonds is 6. The Hall–Kier alpha value is -1.71. The molecule has 1 fully saturated rings. The van der Waals surface area contributed by atoms with Crippen molar-refractivity contribution in [2.75, 3.05) is 48.0 Å². The Morgan fingerprint density at radius 2 is 1.93 bits per heavy atom. The van der Waals surface area contributed by atoms with Crippen LogP contribution in [0, 0.1) is 11.8 Å². The van der Waals surface area contributed by atoms with Crippen LogP contribution in [0.25, 0.3) is 0 Å². The van der Waals surface area contributed by atoms with E-state index >= 15 is 0 Å². The Bertz CT molecular complexity index is 654. The maximum absolute atomic E-state index is 11.9. The predicted molar refractivity (Wildman–Crippen MR) is 116 cm³/mol. The van der Waals surface area contributed by atoms with E-state index in [0.29, 0.717) is 6.54 Å². The van der Waals surface area contributed by atoms with Gasteiger partial charge in [-0.05, 0) is 30.0 Å². The van der Waals surface area contributed by atoms with Crippen molar-refractivity contribution in [2.24, 2.45) is 16.8 Å². The van der Waals surface area contributed by atoms with Crippen molar-refractivity contribution in [3.05, 3.63) is 23.8 Å². The molecule has 1 heterocycles. The van der Waals surface area contributed by atoms with Gasteiger partial charge in [0.15, 0.2) is 17.5 Å².